The van der Waals surface area contributed by atoms with E-state index in [2.05, 4.69) is 31.6 Å². The summed E-state index contributed by atoms with van der Waals surface area (Å²) in [6.07, 6.45) is -0.836. The Kier molecular flexibility index (Phi) is 6.35. The van der Waals surface area contributed by atoms with Crippen molar-refractivity contribution >= 4 is 17.5 Å². The van der Waals surface area contributed by atoms with Crippen LogP contribution < -0.4 is 15.6 Å². The van der Waals surface area contributed by atoms with Crippen LogP contribution in [0.15, 0.2) is 48.5 Å². The van der Waals surface area contributed by atoms with E-state index in [-0.39, 0.29) is 16.7 Å². The lowest BCUT2D eigenvalue weighted by Crippen LogP contribution is -2.47. The van der Waals surface area contributed by atoms with E-state index in [1.165, 1.54) is 24.3 Å². The van der Waals surface area contributed by atoms with Gasteiger partial charge in [0.25, 0.3) is 17.5 Å². The molecule has 2 aromatic rings. The van der Waals surface area contributed by atoms with Gasteiger partial charge >= 0.3 is 0 Å². The molecule has 0 saturated carbocycles. The van der Waals surface area contributed by atoms with Crippen molar-refractivity contribution in [3.05, 3.63) is 69.8 Å². The van der Waals surface area contributed by atoms with Crippen molar-refractivity contribution in [2.45, 2.75) is 39.2 Å². The number of carbonyl (C=O) groups is 2. The number of rotatable bonds is 5. The van der Waals surface area contributed by atoms with Gasteiger partial charge in [-0.15, -0.1) is 0 Å². The summed E-state index contributed by atoms with van der Waals surface area (Å²) in [5, 5.41) is 10.6. The van der Waals surface area contributed by atoms with Gasteiger partial charge in [-0.1, -0.05) is 32.9 Å². The second-order valence-electron chi connectivity index (χ2n) is 7.28. The number of non-ortho nitro benzene ring substituents is 1. The van der Waals surface area contributed by atoms with E-state index in [0.29, 0.717) is 5.75 Å². The molecule has 0 heterocycles. The number of carbonyl (C=O) groups excluding carboxylic acids is 2. The molecule has 8 heteroatoms. The number of nitro benzene ring substituents is 1. The van der Waals surface area contributed by atoms with Crippen molar-refractivity contribution in [2.75, 3.05) is 0 Å². The van der Waals surface area contributed by atoms with Gasteiger partial charge in [0.05, 0.1) is 4.92 Å². The molecule has 0 spiro atoms. The minimum absolute atomic E-state index is 0.0175. The molecule has 148 valence electrons. The predicted molar refractivity (Wildman–Crippen MR) is 104 cm³/mol. The minimum atomic E-state index is -0.836. The zero-order valence-corrected chi connectivity index (χ0v) is 16.2. The van der Waals surface area contributed by atoms with E-state index in [9.17, 15) is 19.7 Å². The maximum atomic E-state index is 12.1. The zero-order valence-electron chi connectivity index (χ0n) is 16.2. The number of hydrogen-bond donors (Lipinski definition) is 2. The highest BCUT2D eigenvalue weighted by atomic mass is 16.6. The van der Waals surface area contributed by atoms with Crippen LogP contribution in [-0.2, 0) is 10.2 Å². The molecule has 0 aromatic heterocycles. The lowest BCUT2D eigenvalue weighted by molar-refractivity contribution is -0.384. The van der Waals surface area contributed by atoms with Gasteiger partial charge in [0.15, 0.2) is 6.10 Å². The highest BCUT2D eigenvalue weighted by molar-refractivity contribution is 5.95. The normalized spacial score (nSPS) is 12.0. The Bertz CT molecular complexity index is 855. The van der Waals surface area contributed by atoms with Crippen molar-refractivity contribution in [3.63, 3.8) is 0 Å². The summed E-state index contributed by atoms with van der Waals surface area (Å²) in [4.78, 5) is 34.2. The maximum Gasteiger partial charge on any atom is 0.279 e. The van der Waals surface area contributed by atoms with Gasteiger partial charge in [0.2, 0.25) is 0 Å². The Labute approximate surface area is 163 Å². The summed E-state index contributed by atoms with van der Waals surface area (Å²) >= 11 is 0. The van der Waals surface area contributed by atoms with Gasteiger partial charge in [-0.05, 0) is 42.2 Å². The highest BCUT2D eigenvalue weighted by Crippen LogP contribution is 2.24. The third-order valence-electron chi connectivity index (χ3n) is 4.04. The number of benzene rings is 2. The van der Waals surface area contributed by atoms with Crippen LogP contribution in [0.2, 0.25) is 0 Å². The number of hydrazine groups is 1. The highest BCUT2D eigenvalue weighted by Gasteiger charge is 2.18. The number of nitrogens with one attached hydrogen (secondary N) is 2. The van der Waals surface area contributed by atoms with Crippen LogP contribution >= 0.6 is 0 Å². The Hall–Kier alpha value is -3.42. The van der Waals surface area contributed by atoms with Crippen molar-refractivity contribution in [1.82, 2.24) is 10.9 Å². The lowest BCUT2D eigenvalue weighted by atomic mass is 9.87. The van der Waals surface area contributed by atoms with Crippen LogP contribution in [0.25, 0.3) is 0 Å². The van der Waals surface area contributed by atoms with Crippen molar-refractivity contribution in [3.8, 4) is 5.75 Å². The summed E-state index contributed by atoms with van der Waals surface area (Å²) in [5.41, 5.74) is 5.75. The first kappa shape index (κ1) is 20.9. The average Bonchev–Trinajstić information content (AvgIpc) is 2.65. The summed E-state index contributed by atoms with van der Waals surface area (Å²) in [6.45, 7) is 7.87. The Morgan fingerprint density at radius 1 is 1.00 bits per heavy atom. The van der Waals surface area contributed by atoms with E-state index in [0.717, 1.165) is 5.56 Å². The summed E-state index contributed by atoms with van der Waals surface area (Å²) in [7, 11) is 0. The van der Waals surface area contributed by atoms with E-state index in [1.54, 1.807) is 19.1 Å². The minimum Gasteiger partial charge on any atom is -0.481 e. The van der Waals surface area contributed by atoms with Crippen LogP contribution in [0.4, 0.5) is 5.69 Å². The molecule has 2 amide bonds. The molecule has 1 atom stereocenters. The summed E-state index contributed by atoms with van der Waals surface area (Å²) in [6, 6.07) is 12.5. The molecule has 0 aliphatic carbocycles. The van der Waals surface area contributed by atoms with Gasteiger partial charge in [-0.25, -0.2) is 0 Å². The number of nitro groups is 1. The van der Waals surface area contributed by atoms with E-state index >= 15 is 0 Å². The number of hydrogen-bond acceptors (Lipinski definition) is 5. The second kappa shape index (κ2) is 8.51. The van der Waals surface area contributed by atoms with Crippen LogP contribution in [-0.4, -0.2) is 22.8 Å². The van der Waals surface area contributed by atoms with Gasteiger partial charge in [0.1, 0.15) is 5.75 Å². The molecular weight excluding hydrogens is 362 g/mol. The molecule has 0 bridgehead atoms. The van der Waals surface area contributed by atoms with Crippen LogP contribution in [0, 0.1) is 10.1 Å². The summed E-state index contributed by atoms with van der Waals surface area (Å²) < 4.78 is 5.59. The molecule has 2 N–H and O–H groups in total. The number of amides is 2. The van der Waals surface area contributed by atoms with Crippen molar-refractivity contribution in [1.29, 1.82) is 0 Å². The van der Waals surface area contributed by atoms with Crippen LogP contribution in [0.5, 0.6) is 5.75 Å². The number of ether oxygens (including phenoxy) is 1. The van der Waals surface area contributed by atoms with Crippen molar-refractivity contribution in [2.24, 2.45) is 0 Å². The first-order valence-electron chi connectivity index (χ1n) is 8.70. The van der Waals surface area contributed by atoms with E-state index < -0.39 is 22.8 Å². The second-order valence-corrected chi connectivity index (χ2v) is 7.28. The third kappa shape index (κ3) is 5.54. The molecule has 28 heavy (non-hydrogen) atoms. The zero-order chi connectivity index (χ0) is 20.9. The van der Waals surface area contributed by atoms with Gasteiger partial charge < -0.3 is 4.74 Å². The molecule has 2 rings (SSSR count). The van der Waals surface area contributed by atoms with Crippen LogP contribution in [0.3, 0.4) is 0 Å². The molecule has 8 nitrogen and oxygen atoms in total. The first-order chi connectivity index (χ1) is 13.1. The topological polar surface area (TPSA) is 111 Å². The largest absolute Gasteiger partial charge is 0.481 e. The average molecular weight is 385 g/mol. The molecule has 0 aliphatic heterocycles. The first-order valence-corrected chi connectivity index (χ1v) is 8.70. The quantitative estimate of drug-likeness (QED) is 0.607. The fraction of sp³-hybridized carbons (Fsp3) is 0.300. The molecule has 2 aromatic carbocycles. The summed E-state index contributed by atoms with van der Waals surface area (Å²) in [5.74, 6) is -0.586. The van der Waals surface area contributed by atoms with Gasteiger partial charge in [-0.2, -0.15) is 0 Å². The third-order valence-corrected chi connectivity index (χ3v) is 4.04. The van der Waals surface area contributed by atoms with Crippen LogP contribution in [0.1, 0.15) is 43.6 Å². The maximum absolute atomic E-state index is 12.1. The Morgan fingerprint density at radius 3 is 2.07 bits per heavy atom. The SMILES string of the molecule is C[C@H](Oc1ccc(C(C)(C)C)cc1)C(=O)NNC(=O)c1ccc([N+](=O)[O-])cc1. The molecule has 0 saturated heterocycles. The van der Waals surface area contributed by atoms with Crippen molar-refractivity contribution < 1.29 is 19.2 Å². The standard InChI is InChI=1S/C20H23N3O5/c1-13(28-17-11-7-15(8-12-17)20(2,3)4)18(24)21-22-19(25)14-5-9-16(10-6-14)23(26)27/h5-13H,1-4H3,(H,21,24)(H,22,25)/t13-/m0/s1. The monoisotopic (exact) mass is 385 g/mol. The lowest BCUT2D eigenvalue weighted by Gasteiger charge is -2.20. The smallest absolute Gasteiger partial charge is 0.279 e. The number of nitrogens with zero attached hydrogens (tertiary/aromatic N) is 1. The van der Waals surface area contributed by atoms with Gasteiger partial charge in [0, 0.05) is 17.7 Å². The Morgan fingerprint density at radius 2 is 1.57 bits per heavy atom. The molecule has 0 unspecified atom stereocenters. The predicted octanol–water partition coefficient (Wildman–Crippen LogP) is 3.12. The fourth-order valence-electron chi connectivity index (χ4n) is 2.32. The van der Waals surface area contributed by atoms with E-state index in [1.807, 2.05) is 12.1 Å². The fourth-order valence-corrected chi connectivity index (χ4v) is 2.32. The molecule has 0 aliphatic rings. The Balaban J connectivity index is 1.88. The molecule has 0 fully saturated rings. The molecular formula is C20H23N3O5. The van der Waals surface area contributed by atoms with E-state index in [4.69, 9.17) is 4.74 Å². The van der Waals surface area contributed by atoms with Gasteiger partial charge in [-0.3, -0.25) is 30.6 Å². The molecule has 0 radical (unpaired) electrons.